The molecule has 78 valence electrons. The van der Waals surface area contributed by atoms with Crippen molar-refractivity contribution in [2.24, 2.45) is 0 Å². The first-order chi connectivity index (χ1) is 7.20. The topological polar surface area (TPSA) is 50.9 Å². The van der Waals surface area contributed by atoms with Gasteiger partial charge in [0.05, 0.1) is 30.2 Å². The van der Waals surface area contributed by atoms with Gasteiger partial charge in [0.15, 0.2) is 5.82 Å². The first-order valence-electron chi connectivity index (χ1n) is 4.16. The van der Waals surface area contributed by atoms with Gasteiger partial charge in [-0.05, 0) is 6.07 Å². The summed E-state index contributed by atoms with van der Waals surface area (Å²) in [5, 5.41) is 13.4. The van der Waals surface area contributed by atoms with Crippen molar-refractivity contribution in [2.45, 2.75) is 6.61 Å². The summed E-state index contributed by atoms with van der Waals surface area (Å²) in [7, 11) is 0. The number of hydrogen-bond donors (Lipinski definition) is 1. The molecule has 0 fully saturated rings. The molecule has 0 saturated heterocycles. The lowest BCUT2D eigenvalue weighted by molar-refractivity contribution is 0.280. The lowest BCUT2D eigenvalue weighted by Crippen LogP contribution is -2.03. The Bertz CT molecular complexity index is 486. The van der Waals surface area contributed by atoms with Gasteiger partial charge in [0.25, 0.3) is 0 Å². The van der Waals surface area contributed by atoms with Gasteiger partial charge in [0.1, 0.15) is 5.82 Å². The van der Waals surface area contributed by atoms with Crippen LogP contribution in [0, 0.1) is 5.82 Å². The molecule has 2 rings (SSSR count). The third kappa shape index (κ3) is 1.98. The molecular weight excluding hydrogens is 221 g/mol. The van der Waals surface area contributed by atoms with E-state index in [2.05, 4.69) is 10.1 Å². The number of pyridine rings is 1. The maximum Gasteiger partial charge on any atom is 0.159 e. The van der Waals surface area contributed by atoms with Crippen molar-refractivity contribution < 1.29 is 9.50 Å². The van der Waals surface area contributed by atoms with Crippen molar-refractivity contribution in [2.75, 3.05) is 0 Å². The number of halogens is 2. The van der Waals surface area contributed by atoms with Crippen molar-refractivity contribution in [3.63, 3.8) is 0 Å². The SMILES string of the molecule is OCc1cc(F)cnc1-n1cc(Cl)cn1. The van der Waals surface area contributed by atoms with Crippen molar-refractivity contribution in [3.8, 4) is 5.82 Å². The molecule has 0 amide bonds. The normalized spacial score (nSPS) is 10.6. The Morgan fingerprint density at radius 2 is 2.27 bits per heavy atom. The fourth-order valence-electron chi connectivity index (χ4n) is 1.21. The van der Waals surface area contributed by atoms with Gasteiger partial charge in [-0.1, -0.05) is 11.6 Å². The second-order valence-electron chi connectivity index (χ2n) is 2.90. The lowest BCUT2D eigenvalue weighted by Gasteiger charge is -2.05. The summed E-state index contributed by atoms with van der Waals surface area (Å²) < 4.78 is 14.2. The molecule has 15 heavy (non-hydrogen) atoms. The zero-order chi connectivity index (χ0) is 10.8. The van der Waals surface area contributed by atoms with Gasteiger partial charge in [0, 0.05) is 5.56 Å². The molecule has 0 atom stereocenters. The first kappa shape index (κ1) is 10.1. The third-order valence-corrected chi connectivity index (χ3v) is 2.04. The minimum atomic E-state index is -0.499. The van der Waals surface area contributed by atoms with Crippen LogP contribution in [-0.2, 0) is 6.61 Å². The van der Waals surface area contributed by atoms with Crippen LogP contribution in [0.5, 0.6) is 0 Å². The van der Waals surface area contributed by atoms with Gasteiger partial charge >= 0.3 is 0 Å². The van der Waals surface area contributed by atoms with E-state index in [1.165, 1.54) is 23.1 Å². The van der Waals surface area contributed by atoms with Crippen LogP contribution in [-0.4, -0.2) is 19.9 Å². The van der Waals surface area contributed by atoms with Gasteiger partial charge in [-0.15, -0.1) is 0 Å². The van der Waals surface area contributed by atoms with Crippen molar-refractivity contribution in [1.82, 2.24) is 14.8 Å². The molecule has 0 spiro atoms. The second kappa shape index (κ2) is 3.96. The van der Waals surface area contributed by atoms with Gasteiger partial charge in [-0.25, -0.2) is 14.1 Å². The zero-order valence-electron chi connectivity index (χ0n) is 7.56. The number of hydrogen-bond acceptors (Lipinski definition) is 3. The van der Waals surface area contributed by atoms with Crippen LogP contribution in [0.25, 0.3) is 5.82 Å². The molecule has 1 N–H and O–H groups in total. The molecule has 0 bridgehead atoms. The Hall–Kier alpha value is -1.46. The van der Waals surface area contributed by atoms with E-state index >= 15 is 0 Å². The molecule has 4 nitrogen and oxygen atoms in total. The average Bonchev–Trinajstić information content (AvgIpc) is 2.64. The predicted molar refractivity (Wildman–Crippen MR) is 52.2 cm³/mol. The van der Waals surface area contributed by atoms with Crippen molar-refractivity contribution in [3.05, 3.63) is 41.1 Å². The van der Waals surface area contributed by atoms with Crippen LogP contribution >= 0.6 is 11.6 Å². The molecule has 0 aromatic carbocycles. The van der Waals surface area contributed by atoms with E-state index in [-0.39, 0.29) is 6.61 Å². The molecule has 0 aliphatic carbocycles. The van der Waals surface area contributed by atoms with E-state index in [4.69, 9.17) is 16.7 Å². The highest BCUT2D eigenvalue weighted by Crippen LogP contribution is 2.15. The molecule has 6 heteroatoms. The Labute approximate surface area is 89.9 Å². The largest absolute Gasteiger partial charge is 0.392 e. The third-order valence-electron chi connectivity index (χ3n) is 1.85. The number of aromatic nitrogens is 3. The van der Waals surface area contributed by atoms with Crippen LogP contribution in [0.15, 0.2) is 24.7 Å². The molecular formula is C9H7ClFN3O. The Kier molecular flexibility index (Phi) is 2.66. The summed E-state index contributed by atoms with van der Waals surface area (Å²) in [6.07, 6.45) is 4.03. The summed E-state index contributed by atoms with van der Waals surface area (Å²) in [5.41, 5.74) is 0.356. The summed E-state index contributed by atoms with van der Waals surface area (Å²) in [5.74, 6) is -0.133. The van der Waals surface area contributed by atoms with Gasteiger partial charge < -0.3 is 5.11 Å². The first-order valence-corrected chi connectivity index (χ1v) is 4.54. The molecule has 0 aliphatic heterocycles. The van der Waals surface area contributed by atoms with E-state index in [0.717, 1.165) is 6.20 Å². The fraction of sp³-hybridized carbons (Fsp3) is 0.111. The predicted octanol–water partition coefficient (Wildman–Crippen LogP) is 1.55. The highest BCUT2D eigenvalue weighted by Gasteiger charge is 2.08. The maximum atomic E-state index is 12.8. The smallest absolute Gasteiger partial charge is 0.159 e. The fourth-order valence-corrected chi connectivity index (χ4v) is 1.35. The van der Waals surface area contributed by atoms with Gasteiger partial charge in [-0.2, -0.15) is 5.10 Å². The molecule has 0 saturated carbocycles. The van der Waals surface area contributed by atoms with Crippen molar-refractivity contribution >= 4 is 11.6 Å². The number of nitrogens with zero attached hydrogens (tertiary/aromatic N) is 3. The molecule has 0 unspecified atom stereocenters. The molecule has 2 aromatic heterocycles. The quantitative estimate of drug-likeness (QED) is 0.847. The highest BCUT2D eigenvalue weighted by molar-refractivity contribution is 6.30. The maximum absolute atomic E-state index is 12.8. The standard InChI is InChI=1S/C9H7ClFN3O/c10-7-2-13-14(4-7)9-6(5-15)1-8(11)3-12-9/h1-4,15H,5H2. The average molecular weight is 228 g/mol. The lowest BCUT2D eigenvalue weighted by atomic mass is 10.2. The van der Waals surface area contributed by atoms with Gasteiger partial charge in [-0.3, -0.25) is 0 Å². The Balaban J connectivity index is 2.52. The molecule has 0 radical (unpaired) electrons. The summed E-state index contributed by atoms with van der Waals surface area (Å²) in [6, 6.07) is 1.21. The van der Waals surface area contributed by atoms with Crippen LogP contribution in [0.2, 0.25) is 5.02 Å². The van der Waals surface area contributed by atoms with Crippen molar-refractivity contribution in [1.29, 1.82) is 0 Å². The van der Waals surface area contributed by atoms with E-state index in [1.807, 2.05) is 0 Å². The van der Waals surface area contributed by atoms with Crippen LogP contribution in [0.4, 0.5) is 4.39 Å². The highest BCUT2D eigenvalue weighted by atomic mass is 35.5. The van der Waals surface area contributed by atoms with E-state index in [1.54, 1.807) is 0 Å². The Morgan fingerprint density at radius 3 is 2.87 bits per heavy atom. The van der Waals surface area contributed by atoms with E-state index in [9.17, 15) is 4.39 Å². The van der Waals surface area contributed by atoms with Crippen LogP contribution in [0.1, 0.15) is 5.56 Å². The summed E-state index contributed by atoms with van der Waals surface area (Å²) in [4.78, 5) is 3.84. The Morgan fingerprint density at radius 1 is 1.47 bits per heavy atom. The second-order valence-corrected chi connectivity index (χ2v) is 3.33. The number of aliphatic hydroxyl groups excluding tert-OH is 1. The summed E-state index contributed by atoms with van der Waals surface area (Å²) >= 11 is 5.69. The zero-order valence-corrected chi connectivity index (χ0v) is 8.32. The number of rotatable bonds is 2. The van der Waals surface area contributed by atoms with E-state index < -0.39 is 5.82 Å². The molecule has 2 aromatic rings. The monoisotopic (exact) mass is 227 g/mol. The van der Waals surface area contributed by atoms with Crippen LogP contribution < -0.4 is 0 Å². The van der Waals surface area contributed by atoms with Gasteiger partial charge in [0.2, 0.25) is 0 Å². The molecule has 2 heterocycles. The summed E-state index contributed by atoms with van der Waals surface area (Å²) in [6.45, 7) is -0.308. The minimum Gasteiger partial charge on any atom is -0.392 e. The minimum absolute atomic E-state index is 0.308. The van der Waals surface area contributed by atoms with E-state index in [0.29, 0.717) is 16.4 Å². The molecule has 0 aliphatic rings. The number of aliphatic hydroxyl groups is 1. The van der Waals surface area contributed by atoms with Crippen LogP contribution in [0.3, 0.4) is 0 Å².